The number of fused-ring (bicyclic) bond motifs is 2. The molecule has 4 aromatic rings. The summed E-state index contributed by atoms with van der Waals surface area (Å²) in [4.78, 5) is 31.1. The number of aromatic nitrogens is 1. The van der Waals surface area contributed by atoms with Crippen molar-refractivity contribution >= 4 is 33.4 Å². The summed E-state index contributed by atoms with van der Waals surface area (Å²) in [5.74, 6) is 2.70. The van der Waals surface area contributed by atoms with E-state index in [0.717, 1.165) is 35.5 Å². The molecule has 194 valence electrons. The SMILES string of the molecule is CNC(=O)c1cccc2cc(Oc3ccnc4cc(OCCN5CC(=O)C6(CC6)C5)c(OC)cc34)ccc12. The van der Waals surface area contributed by atoms with Crippen molar-refractivity contribution < 1.29 is 23.8 Å². The molecule has 1 aliphatic heterocycles. The lowest BCUT2D eigenvalue weighted by Crippen LogP contribution is -2.26. The normalized spacial score (nSPS) is 16.2. The monoisotopic (exact) mass is 511 g/mol. The van der Waals surface area contributed by atoms with Crippen molar-refractivity contribution in [2.75, 3.05) is 40.4 Å². The number of amides is 1. The van der Waals surface area contributed by atoms with Crippen LogP contribution in [0.3, 0.4) is 0 Å². The average Bonchev–Trinajstić information content (AvgIpc) is 3.65. The molecule has 2 heterocycles. The average molecular weight is 512 g/mol. The number of nitrogens with zero attached hydrogens (tertiary/aromatic N) is 2. The van der Waals surface area contributed by atoms with Gasteiger partial charge in [-0.1, -0.05) is 12.1 Å². The number of carbonyl (C=O) groups excluding carboxylic acids is 2. The highest BCUT2D eigenvalue weighted by molar-refractivity contribution is 6.07. The van der Waals surface area contributed by atoms with Gasteiger partial charge in [0.25, 0.3) is 5.91 Å². The Kier molecular flexibility index (Phi) is 6.12. The van der Waals surface area contributed by atoms with Gasteiger partial charge in [-0.05, 0) is 60.0 Å². The molecule has 8 nitrogen and oxygen atoms in total. The highest BCUT2D eigenvalue weighted by Gasteiger charge is 2.54. The van der Waals surface area contributed by atoms with Crippen LogP contribution in [-0.2, 0) is 4.79 Å². The van der Waals surface area contributed by atoms with Gasteiger partial charge in [-0.15, -0.1) is 0 Å². The van der Waals surface area contributed by atoms with Crippen LogP contribution in [0.2, 0.25) is 0 Å². The number of pyridine rings is 1. The lowest BCUT2D eigenvalue weighted by Gasteiger charge is -2.17. The first-order chi connectivity index (χ1) is 18.5. The number of ketones is 1. The molecule has 1 N–H and O–H groups in total. The van der Waals surface area contributed by atoms with E-state index in [2.05, 4.69) is 15.2 Å². The molecular formula is C30H29N3O5. The molecule has 3 aromatic carbocycles. The fraction of sp³-hybridized carbons (Fsp3) is 0.300. The fourth-order valence-electron chi connectivity index (χ4n) is 5.25. The Morgan fingerprint density at radius 2 is 1.92 bits per heavy atom. The number of Topliss-reactive ketones (excluding diaryl/α,β-unsaturated/α-hetero) is 1. The minimum Gasteiger partial charge on any atom is -0.493 e. The van der Waals surface area contributed by atoms with Crippen molar-refractivity contribution in [3.63, 3.8) is 0 Å². The Hall–Kier alpha value is -4.17. The van der Waals surface area contributed by atoms with E-state index < -0.39 is 0 Å². The van der Waals surface area contributed by atoms with E-state index in [9.17, 15) is 9.59 Å². The molecule has 1 saturated heterocycles. The second-order valence-corrected chi connectivity index (χ2v) is 9.96. The zero-order valence-corrected chi connectivity index (χ0v) is 21.5. The van der Waals surface area contributed by atoms with E-state index in [1.54, 1.807) is 26.4 Å². The van der Waals surface area contributed by atoms with Crippen LogP contribution in [0.1, 0.15) is 23.2 Å². The third kappa shape index (κ3) is 4.41. The number of carbonyl (C=O) groups is 2. The predicted octanol–water partition coefficient (Wildman–Crippen LogP) is 4.59. The first-order valence-electron chi connectivity index (χ1n) is 12.8. The van der Waals surface area contributed by atoms with Gasteiger partial charge in [0.1, 0.15) is 18.1 Å². The van der Waals surface area contributed by atoms with Crippen molar-refractivity contribution in [3.8, 4) is 23.0 Å². The molecule has 38 heavy (non-hydrogen) atoms. The second kappa shape index (κ2) is 9.61. The molecule has 1 aliphatic carbocycles. The molecule has 1 saturated carbocycles. The quantitative estimate of drug-likeness (QED) is 0.370. The largest absolute Gasteiger partial charge is 0.493 e. The fourth-order valence-corrected chi connectivity index (χ4v) is 5.25. The zero-order chi connectivity index (χ0) is 26.3. The maximum Gasteiger partial charge on any atom is 0.251 e. The highest BCUT2D eigenvalue weighted by Crippen LogP contribution is 2.50. The van der Waals surface area contributed by atoms with E-state index in [0.29, 0.717) is 59.6 Å². The van der Waals surface area contributed by atoms with Gasteiger partial charge >= 0.3 is 0 Å². The number of rotatable bonds is 8. The smallest absolute Gasteiger partial charge is 0.251 e. The summed E-state index contributed by atoms with van der Waals surface area (Å²) in [5.41, 5.74) is 1.28. The van der Waals surface area contributed by atoms with Crippen molar-refractivity contribution in [3.05, 3.63) is 66.4 Å². The number of benzene rings is 3. The van der Waals surface area contributed by atoms with Crippen LogP contribution in [0, 0.1) is 5.41 Å². The van der Waals surface area contributed by atoms with Gasteiger partial charge < -0.3 is 19.5 Å². The number of ether oxygens (including phenoxy) is 3. The maximum atomic E-state index is 12.2. The summed E-state index contributed by atoms with van der Waals surface area (Å²) in [6, 6.07) is 16.8. The molecule has 0 atom stereocenters. The summed E-state index contributed by atoms with van der Waals surface area (Å²) < 4.78 is 18.0. The van der Waals surface area contributed by atoms with Crippen molar-refractivity contribution in [1.29, 1.82) is 0 Å². The van der Waals surface area contributed by atoms with Crippen molar-refractivity contribution in [2.45, 2.75) is 12.8 Å². The summed E-state index contributed by atoms with van der Waals surface area (Å²) in [5, 5.41) is 5.23. The third-order valence-electron chi connectivity index (χ3n) is 7.54. The van der Waals surface area contributed by atoms with Crippen LogP contribution < -0.4 is 19.5 Å². The topological polar surface area (TPSA) is 90.0 Å². The summed E-state index contributed by atoms with van der Waals surface area (Å²) >= 11 is 0. The highest BCUT2D eigenvalue weighted by atomic mass is 16.5. The van der Waals surface area contributed by atoms with Crippen molar-refractivity contribution in [1.82, 2.24) is 15.2 Å². The number of hydrogen-bond acceptors (Lipinski definition) is 7. The number of nitrogens with one attached hydrogen (secondary N) is 1. The molecular weight excluding hydrogens is 482 g/mol. The Morgan fingerprint density at radius 1 is 1.05 bits per heavy atom. The molecule has 1 aromatic heterocycles. The maximum absolute atomic E-state index is 12.2. The Labute approximate surface area is 220 Å². The number of methoxy groups -OCH3 is 1. The molecule has 6 rings (SSSR count). The van der Waals surface area contributed by atoms with Gasteiger partial charge in [-0.2, -0.15) is 0 Å². The van der Waals surface area contributed by atoms with E-state index in [1.165, 1.54) is 0 Å². The molecule has 0 radical (unpaired) electrons. The molecule has 0 bridgehead atoms. The Balaban J connectivity index is 1.22. The third-order valence-corrected chi connectivity index (χ3v) is 7.54. The van der Waals surface area contributed by atoms with Crippen LogP contribution in [0.4, 0.5) is 0 Å². The van der Waals surface area contributed by atoms with Gasteiger partial charge in [0, 0.05) is 48.8 Å². The summed E-state index contributed by atoms with van der Waals surface area (Å²) in [7, 11) is 3.23. The predicted molar refractivity (Wildman–Crippen MR) is 144 cm³/mol. The lowest BCUT2D eigenvalue weighted by molar-refractivity contribution is -0.120. The van der Waals surface area contributed by atoms with E-state index in [4.69, 9.17) is 14.2 Å². The van der Waals surface area contributed by atoms with Gasteiger partial charge in [0.2, 0.25) is 0 Å². The van der Waals surface area contributed by atoms with Crippen LogP contribution in [0.15, 0.2) is 60.8 Å². The second-order valence-electron chi connectivity index (χ2n) is 9.96. The minimum atomic E-state index is -0.129. The van der Waals surface area contributed by atoms with Crippen LogP contribution in [-0.4, -0.2) is 62.0 Å². The Morgan fingerprint density at radius 3 is 2.68 bits per heavy atom. The first-order valence-corrected chi connectivity index (χ1v) is 12.8. The molecule has 2 fully saturated rings. The molecule has 1 amide bonds. The van der Waals surface area contributed by atoms with Crippen LogP contribution >= 0.6 is 0 Å². The van der Waals surface area contributed by atoms with Gasteiger partial charge in [0.05, 0.1) is 19.2 Å². The summed E-state index contributed by atoms with van der Waals surface area (Å²) in [6.07, 6.45) is 3.74. The van der Waals surface area contributed by atoms with Crippen molar-refractivity contribution in [2.24, 2.45) is 5.41 Å². The zero-order valence-electron chi connectivity index (χ0n) is 21.5. The van der Waals surface area contributed by atoms with Crippen LogP contribution in [0.5, 0.6) is 23.0 Å². The number of likely N-dealkylation sites (tertiary alicyclic amines) is 1. The Bertz CT molecular complexity index is 1560. The van der Waals surface area contributed by atoms with Gasteiger partial charge in [-0.3, -0.25) is 19.5 Å². The molecule has 0 unspecified atom stereocenters. The van der Waals surface area contributed by atoms with Gasteiger partial charge in [0.15, 0.2) is 17.3 Å². The minimum absolute atomic E-state index is 0.0571. The standard InChI is InChI=1S/C30H29N3O5/c1-31-29(35)22-5-3-4-19-14-20(6-7-21(19)22)38-25-8-11-32-24-16-27(26(36-2)15-23(24)25)37-13-12-33-17-28(34)30(18-33)9-10-30/h3-8,11,14-16H,9-10,12-13,17-18H2,1-2H3,(H,31,35). The summed E-state index contributed by atoms with van der Waals surface area (Å²) in [6.45, 7) is 2.50. The molecule has 8 heteroatoms. The molecule has 1 spiro atoms. The molecule has 2 aliphatic rings. The van der Waals surface area contributed by atoms with E-state index in [1.807, 2.05) is 48.5 Å². The van der Waals surface area contributed by atoms with Gasteiger partial charge in [-0.25, -0.2) is 0 Å². The van der Waals surface area contributed by atoms with E-state index >= 15 is 0 Å². The lowest BCUT2D eigenvalue weighted by atomic mass is 10.0. The van der Waals surface area contributed by atoms with E-state index in [-0.39, 0.29) is 11.3 Å². The first kappa shape index (κ1) is 24.2. The van der Waals surface area contributed by atoms with Crippen LogP contribution in [0.25, 0.3) is 21.7 Å². The number of hydrogen-bond donors (Lipinski definition) is 1.